The first-order valence-electron chi connectivity index (χ1n) is 7.47. The molecule has 106 valence electrons. The van der Waals surface area contributed by atoms with Gasteiger partial charge in [0.1, 0.15) is 5.82 Å². The van der Waals surface area contributed by atoms with Crippen molar-refractivity contribution in [2.24, 2.45) is 0 Å². The van der Waals surface area contributed by atoms with E-state index >= 15 is 0 Å². The van der Waals surface area contributed by atoms with Crippen molar-refractivity contribution >= 4 is 16.9 Å². The number of rotatable bonds is 3. The number of benzene rings is 1. The number of hydrogen-bond acceptors (Lipinski definition) is 3. The van der Waals surface area contributed by atoms with Crippen molar-refractivity contribution in [2.45, 2.75) is 32.2 Å². The van der Waals surface area contributed by atoms with E-state index in [9.17, 15) is 0 Å². The van der Waals surface area contributed by atoms with E-state index in [4.69, 9.17) is 5.73 Å². The zero-order chi connectivity index (χ0) is 14.4. The highest BCUT2D eigenvalue weighted by atomic mass is 15.0. The summed E-state index contributed by atoms with van der Waals surface area (Å²) in [6, 6.07) is 10.5. The average Bonchev–Trinajstić information content (AvgIpc) is 3.26. The predicted octanol–water partition coefficient (Wildman–Crippen LogP) is 3.58. The largest absolute Gasteiger partial charge is 0.384 e. The highest BCUT2D eigenvalue weighted by Crippen LogP contribution is 2.41. The quantitative estimate of drug-likeness (QED) is 0.796. The lowest BCUT2D eigenvalue weighted by Crippen LogP contribution is -1.96. The molecule has 21 heavy (non-hydrogen) atoms. The second kappa shape index (κ2) is 4.58. The highest BCUT2D eigenvalue weighted by Gasteiger charge is 2.24. The third-order valence-electron chi connectivity index (χ3n) is 4.17. The summed E-state index contributed by atoms with van der Waals surface area (Å²) >= 11 is 0. The molecule has 1 aliphatic carbocycles. The van der Waals surface area contributed by atoms with Crippen LogP contribution in [0.25, 0.3) is 22.3 Å². The van der Waals surface area contributed by atoms with Gasteiger partial charge in [-0.25, -0.2) is 9.97 Å². The van der Waals surface area contributed by atoms with Crippen LogP contribution in [0.5, 0.6) is 0 Å². The van der Waals surface area contributed by atoms with Crippen LogP contribution in [0.1, 0.15) is 31.2 Å². The number of nitrogens with zero attached hydrogens (tertiary/aromatic N) is 3. The van der Waals surface area contributed by atoms with Gasteiger partial charge >= 0.3 is 0 Å². The minimum Gasteiger partial charge on any atom is -0.384 e. The third-order valence-corrected chi connectivity index (χ3v) is 4.17. The molecule has 0 unspecified atom stereocenters. The van der Waals surface area contributed by atoms with Crippen LogP contribution in [0.15, 0.2) is 36.7 Å². The summed E-state index contributed by atoms with van der Waals surface area (Å²) in [7, 11) is 0. The van der Waals surface area contributed by atoms with Gasteiger partial charge in [-0.15, -0.1) is 0 Å². The molecule has 4 rings (SSSR count). The molecule has 4 heteroatoms. The fourth-order valence-electron chi connectivity index (χ4n) is 2.84. The maximum atomic E-state index is 5.98. The van der Waals surface area contributed by atoms with E-state index in [0.717, 1.165) is 28.8 Å². The van der Waals surface area contributed by atoms with Crippen molar-refractivity contribution in [3.8, 4) is 11.3 Å². The van der Waals surface area contributed by atoms with E-state index in [0.29, 0.717) is 11.7 Å². The lowest BCUT2D eigenvalue weighted by atomic mass is 10.1. The predicted molar refractivity (Wildman–Crippen MR) is 85.0 cm³/mol. The van der Waals surface area contributed by atoms with Crippen LogP contribution in [0.2, 0.25) is 0 Å². The number of anilines is 1. The van der Waals surface area contributed by atoms with E-state index in [-0.39, 0.29) is 0 Å². The molecule has 0 aliphatic heterocycles. The van der Waals surface area contributed by atoms with Crippen LogP contribution in [0.3, 0.4) is 0 Å². The van der Waals surface area contributed by atoms with Gasteiger partial charge in [-0.2, -0.15) is 0 Å². The van der Waals surface area contributed by atoms with Crippen molar-refractivity contribution in [2.75, 3.05) is 5.73 Å². The van der Waals surface area contributed by atoms with Gasteiger partial charge < -0.3 is 10.3 Å². The van der Waals surface area contributed by atoms with Crippen molar-refractivity contribution in [1.82, 2.24) is 14.5 Å². The molecule has 1 fully saturated rings. The number of fused-ring (bicyclic) bond motifs is 1. The van der Waals surface area contributed by atoms with Gasteiger partial charge in [-0.1, -0.05) is 6.07 Å². The van der Waals surface area contributed by atoms with Gasteiger partial charge in [0, 0.05) is 12.1 Å². The molecule has 2 aromatic heterocycles. The second-order valence-electron chi connectivity index (χ2n) is 5.72. The smallest absolute Gasteiger partial charge is 0.124 e. The molecule has 3 aromatic rings. The first-order valence-corrected chi connectivity index (χ1v) is 7.47. The Morgan fingerprint density at radius 1 is 1.24 bits per heavy atom. The Bertz CT molecular complexity index is 815. The van der Waals surface area contributed by atoms with Crippen LogP contribution < -0.4 is 5.73 Å². The Balaban J connectivity index is 1.85. The van der Waals surface area contributed by atoms with Crippen LogP contribution in [0.4, 0.5) is 5.82 Å². The van der Waals surface area contributed by atoms with Gasteiger partial charge in [-0.3, -0.25) is 0 Å². The van der Waals surface area contributed by atoms with Crippen molar-refractivity contribution in [3.05, 3.63) is 42.2 Å². The van der Waals surface area contributed by atoms with E-state index in [1.807, 2.05) is 12.4 Å². The Morgan fingerprint density at radius 3 is 2.86 bits per heavy atom. The fourth-order valence-corrected chi connectivity index (χ4v) is 2.84. The molecule has 0 saturated heterocycles. The molecule has 0 bridgehead atoms. The number of aryl methyl sites for hydroxylation is 1. The summed E-state index contributed by atoms with van der Waals surface area (Å²) in [4.78, 5) is 8.92. The lowest BCUT2D eigenvalue weighted by Gasteiger charge is -2.07. The summed E-state index contributed by atoms with van der Waals surface area (Å²) in [5.41, 5.74) is 11.5. The summed E-state index contributed by atoms with van der Waals surface area (Å²) < 4.78 is 2.15. The maximum Gasteiger partial charge on any atom is 0.124 e. The van der Waals surface area contributed by atoms with Crippen LogP contribution >= 0.6 is 0 Å². The van der Waals surface area contributed by atoms with Crippen molar-refractivity contribution in [3.63, 3.8) is 0 Å². The first kappa shape index (κ1) is 12.4. The first-order chi connectivity index (χ1) is 10.2. The molecule has 0 atom stereocenters. The van der Waals surface area contributed by atoms with Crippen molar-refractivity contribution in [1.29, 1.82) is 0 Å². The molecule has 0 radical (unpaired) electrons. The normalized spacial score (nSPS) is 14.7. The monoisotopic (exact) mass is 278 g/mol. The lowest BCUT2D eigenvalue weighted by molar-refractivity contribution is 0.787. The molecule has 0 amide bonds. The van der Waals surface area contributed by atoms with Gasteiger partial charge in [0.2, 0.25) is 0 Å². The number of aromatic nitrogens is 3. The van der Waals surface area contributed by atoms with E-state index < -0.39 is 0 Å². The van der Waals surface area contributed by atoms with Gasteiger partial charge in [0.05, 0.1) is 23.1 Å². The molecule has 1 saturated carbocycles. The number of pyridine rings is 1. The molecule has 2 N–H and O–H groups in total. The number of hydrogen-bond donors (Lipinski definition) is 1. The maximum absolute atomic E-state index is 5.98. The average molecular weight is 278 g/mol. The third kappa shape index (κ3) is 2.17. The molecular weight excluding hydrogens is 260 g/mol. The second-order valence-corrected chi connectivity index (χ2v) is 5.72. The zero-order valence-corrected chi connectivity index (χ0v) is 12.1. The number of nitrogen functional groups attached to an aromatic ring is 1. The molecule has 1 aliphatic rings. The van der Waals surface area contributed by atoms with Crippen LogP contribution in [0, 0.1) is 0 Å². The SMILES string of the molecule is CCn1cnc2ccc(-c3cc(C4CC4)cc(N)n3)cc21. The Morgan fingerprint density at radius 2 is 2.10 bits per heavy atom. The van der Waals surface area contributed by atoms with Crippen LogP contribution in [-0.2, 0) is 6.54 Å². The van der Waals surface area contributed by atoms with Gasteiger partial charge in [0.15, 0.2) is 0 Å². The Labute approximate surface area is 123 Å². The topological polar surface area (TPSA) is 56.7 Å². The summed E-state index contributed by atoms with van der Waals surface area (Å²) in [6.45, 7) is 3.04. The summed E-state index contributed by atoms with van der Waals surface area (Å²) in [5, 5.41) is 0. The number of imidazole rings is 1. The minimum atomic E-state index is 0.610. The minimum absolute atomic E-state index is 0.610. The summed E-state index contributed by atoms with van der Waals surface area (Å²) in [5.74, 6) is 1.29. The van der Waals surface area contributed by atoms with E-state index in [1.165, 1.54) is 18.4 Å². The van der Waals surface area contributed by atoms with Gasteiger partial charge in [-0.05, 0) is 55.5 Å². The van der Waals surface area contributed by atoms with E-state index in [2.05, 4.69) is 45.7 Å². The molecule has 1 aromatic carbocycles. The number of nitrogens with two attached hydrogens (primary N) is 1. The van der Waals surface area contributed by atoms with Crippen LogP contribution in [-0.4, -0.2) is 14.5 Å². The zero-order valence-electron chi connectivity index (χ0n) is 12.1. The van der Waals surface area contributed by atoms with E-state index in [1.54, 1.807) is 0 Å². The van der Waals surface area contributed by atoms with Gasteiger partial charge in [0.25, 0.3) is 0 Å². The Kier molecular flexibility index (Phi) is 2.70. The summed E-state index contributed by atoms with van der Waals surface area (Å²) in [6.07, 6.45) is 4.42. The molecular formula is C17H18N4. The molecule has 2 heterocycles. The molecule has 0 spiro atoms. The fraction of sp³-hybridized carbons (Fsp3) is 0.294. The highest BCUT2D eigenvalue weighted by molar-refractivity contribution is 5.81. The molecule has 4 nitrogen and oxygen atoms in total. The van der Waals surface area contributed by atoms with Crippen molar-refractivity contribution < 1.29 is 0 Å². The standard InChI is InChI=1S/C17H18N4/c1-2-21-10-19-14-6-5-12(8-16(14)21)15-7-13(11-3-4-11)9-17(18)20-15/h5-11H,2-4H2,1H3,(H2,18,20). The Hall–Kier alpha value is -2.36.